The van der Waals surface area contributed by atoms with Crippen LogP contribution >= 0.6 is 0 Å². The van der Waals surface area contributed by atoms with Crippen LogP contribution in [0.1, 0.15) is 32.1 Å². The molecule has 3 saturated heterocycles. The molecule has 3 fully saturated rings. The van der Waals surface area contributed by atoms with Crippen LogP contribution in [0.15, 0.2) is 12.2 Å². The van der Waals surface area contributed by atoms with Crippen LogP contribution in [-0.4, -0.2) is 29.2 Å². The number of piperidine rings is 1. The number of hydrogen-bond donors (Lipinski definition) is 0. The molecule has 0 saturated carbocycles. The van der Waals surface area contributed by atoms with Gasteiger partial charge in [0.25, 0.3) is 0 Å². The zero-order valence-corrected chi connectivity index (χ0v) is 8.79. The van der Waals surface area contributed by atoms with Crippen molar-refractivity contribution in [2.24, 2.45) is 0 Å². The van der Waals surface area contributed by atoms with E-state index in [0.717, 1.165) is 24.1 Å². The molecule has 2 unspecified atom stereocenters. The van der Waals surface area contributed by atoms with E-state index in [1.807, 2.05) is 0 Å². The Hall–Kier alpha value is -0.810. The molecule has 0 spiro atoms. The Morgan fingerprint density at radius 2 is 2.07 bits per heavy atom. The van der Waals surface area contributed by atoms with Gasteiger partial charge in [-0.1, -0.05) is 6.58 Å². The summed E-state index contributed by atoms with van der Waals surface area (Å²) < 4.78 is 1.29. The van der Waals surface area contributed by atoms with E-state index in [2.05, 4.69) is 19.7 Å². The third-order valence-corrected chi connectivity index (χ3v) is 5.30. The molecule has 0 aromatic rings. The van der Waals surface area contributed by atoms with Crippen molar-refractivity contribution in [1.29, 1.82) is 5.26 Å². The van der Waals surface area contributed by atoms with Gasteiger partial charge < -0.3 is 4.48 Å². The molecule has 0 aliphatic carbocycles. The molecule has 2 nitrogen and oxygen atoms in total. The minimum atomic E-state index is 0.443. The highest BCUT2D eigenvalue weighted by atomic mass is 15.5. The molecule has 3 aliphatic heterocycles. The smallest absolute Gasteiger partial charge is 0.116 e. The monoisotopic (exact) mass is 189 g/mol. The first-order chi connectivity index (χ1) is 6.62. The Kier molecular flexibility index (Phi) is 1.35. The topological polar surface area (TPSA) is 23.8 Å². The predicted molar refractivity (Wildman–Crippen MR) is 54.3 cm³/mol. The van der Waals surface area contributed by atoms with Crippen molar-refractivity contribution in [3.63, 3.8) is 0 Å². The highest BCUT2D eigenvalue weighted by Gasteiger charge is 2.77. The van der Waals surface area contributed by atoms with Gasteiger partial charge in [0.2, 0.25) is 0 Å². The molecule has 0 bridgehead atoms. The predicted octanol–water partition coefficient (Wildman–Crippen LogP) is 1.98. The second-order valence-electron chi connectivity index (χ2n) is 5.56. The Labute approximate surface area is 85.4 Å². The van der Waals surface area contributed by atoms with Gasteiger partial charge in [-0.05, 0) is 0 Å². The minimum Gasteiger partial charge on any atom is -0.315 e. The molecule has 3 aliphatic rings. The van der Waals surface area contributed by atoms with Gasteiger partial charge in [-0.3, -0.25) is 0 Å². The van der Waals surface area contributed by atoms with E-state index in [1.165, 1.54) is 30.2 Å². The van der Waals surface area contributed by atoms with E-state index in [1.54, 1.807) is 0 Å². The largest absolute Gasteiger partial charge is 0.315 e. The fourth-order valence-electron chi connectivity index (χ4n) is 4.46. The number of rotatable bonds is 2. The van der Waals surface area contributed by atoms with Gasteiger partial charge in [-0.2, -0.15) is 5.26 Å². The van der Waals surface area contributed by atoms with Crippen molar-refractivity contribution >= 4 is 0 Å². The van der Waals surface area contributed by atoms with Crippen molar-refractivity contribution < 1.29 is 4.48 Å². The lowest BCUT2D eigenvalue weighted by Crippen LogP contribution is -2.85. The molecule has 2 atom stereocenters. The van der Waals surface area contributed by atoms with Crippen molar-refractivity contribution in [2.45, 2.75) is 49.7 Å². The summed E-state index contributed by atoms with van der Waals surface area (Å²) in [5.74, 6) is 0. The summed E-state index contributed by atoms with van der Waals surface area (Å²) in [4.78, 5) is 0. The van der Waals surface area contributed by atoms with Crippen LogP contribution < -0.4 is 0 Å². The van der Waals surface area contributed by atoms with Gasteiger partial charge in [0.1, 0.15) is 5.54 Å². The number of quaternary nitrogens is 1. The van der Waals surface area contributed by atoms with Crippen LogP contribution in [0.3, 0.4) is 0 Å². The minimum absolute atomic E-state index is 0.443. The highest BCUT2D eigenvalue weighted by molar-refractivity contribution is 5.23. The summed E-state index contributed by atoms with van der Waals surface area (Å²) in [6, 6.07) is 4.04. The second-order valence-corrected chi connectivity index (χ2v) is 5.56. The third-order valence-electron chi connectivity index (χ3n) is 5.30. The molecular weight excluding hydrogens is 172 g/mol. The van der Waals surface area contributed by atoms with E-state index in [9.17, 15) is 0 Å². The van der Waals surface area contributed by atoms with Gasteiger partial charge in [0.05, 0.1) is 38.0 Å². The third kappa shape index (κ3) is 0.653. The molecule has 3 heterocycles. The Morgan fingerprint density at radius 1 is 1.50 bits per heavy atom. The molecule has 0 aromatic carbocycles. The quantitative estimate of drug-likeness (QED) is 0.481. The molecule has 0 amide bonds. The van der Waals surface area contributed by atoms with E-state index in [0.29, 0.717) is 5.54 Å². The maximum absolute atomic E-state index is 8.80. The molecule has 0 N–H and O–H groups in total. The van der Waals surface area contributed by atoms with Gasteiger partial charge in [0.15, 0.2) is 0 Å². The fourth-order valence-corrected chi connectivity index (χ4v) is 4.46. The maximum Gasteiger partial charge on any atom is 0.116 e. The van der Waals surface area contributed by atoms with E-state index in [-0.39, 0.29) is 0 Å². The van der Waals surface area contributed by atoms with Gasteiger partial charge >= 0.3 is 0 Å². The van der Waals surface area contributed by atoms with Crippen LogP contribution in [0.4, 0.5) is 0 Å². The van der Waals surface area contributed by atoms with Gasteiger partial charge in [-0.15, -0.1) is 0 Å². The zero-order chi connectivity index (χ0) is 9.97. The number of hydrogen-bond acceptors (Lipinski definition) is 1. The summed E-state index contributed by atoms with van der Waals surface area (Å²) in [5.41, 5.74) is 1.23. The van der Waals surface area contributed by atoms with Crippen molar-refractivity contribution in [1.82, 2.24) is 0 Å². The Balaban J connectivity index is 1.83. The summed E-state index contributed by atoms with van der Waals surface area (Å²) in [6.45, 7) is 3.84. The average molecular weight is 189 g/mol. The molecular formula is C12H17N2+. The lowest BCUT2D eigenvalue weighted by atomic mass is 9.62. The van der Waals surface area contributed by atoms with Crippen LogP contribution in [0.5, 0.6) is 0 Å². The first-order valence-corrected chi connectivity index (χ1v) is 5.56. The van der Waals surface area contributed by atoms with E-state index in [4.69, 9.17) is 5.26 Å². The standard InChI is InChI=1S/C12H17N2/c1-9(8-13)5-12-6-10-3-4-11(7-12)14(10,12)2/h10-11H,1,3-7H2,2H3/q+1. The molecule has 74 valence electrons. The molecule has 0 aromatic heterocycles. The van der Waals surface area contributed by atoms with Crippen LogP contribution in [0, 0.1) is 11.3 Å². The Morgan fingerprint density at radius 3 is 2.57 bits per heavy atom. The lowest BCUT2D eigenvalue weighted by Gasteiger charge is -2.72. The zero-order valence-electron chi connectivity index (χ0n) is 8.79. The average Bonchev–Trinajstić information content (AvgIpc) is 2.37. The van der Waals surface area contributed by atoms with E-state index >= 15 is 0 Å². The summed E-state index contributed by atoms with van der Waals surface area (Å²) in [6.07, 6.45) is 6.48. The lowest BCUT2D eigenvalue weighted by molar-refractivity contribution is -1.07. The summed E-state index contributed by atoms with van der Waals surface area (Å²) in [5, 5.41) is 8.80. The first kappa shape index (κ1) is 8.49. The molecule has 0 radical (unpaired) electrons. The van der Waals surface area contributed by atoms with Crippen molar-refractivity contribution in [3.8, 4) is 6.07 Å². The van der Waals surface area contributed by atoms with Crippen LogP contribution in [-0.2, 0) is 0 Å². The van der Waals surface area contributed by atoms with Gasteiger partial charge in [0, 0.05) is 24.8 Å². The molecule has 3 rings (SSSR count). The number of nitriles is 1. The SMILES string of the molecule is C=C(C#N)CC12CC3CCC(C1)[N+]32C. The first-order valence-electron chi connectivity index (χ1n) is 5.56. The van der Waals surface area contributed by atoms with E-state index < -0.39 is 0 Å². The fraction of sp³-hybridized carbons (Fsp3) is 0.750. The van der Waals surface area contributed by atoms with Crippen molar-refractivity contribution in [3.05, 3.63) is 12.2 Å². The van der Waals surface area contributed by atoms with Crippen molar-refractivity contribution in [2.75, 3.05) is 7.05 Å². The Bertz CT molecular complexity index is 336. The van der Waals surface area contributed by atoms with Crippen LogP contribution in [0.2, 0.25) is 0 Å². The highest BCUT2D eigenvalue weighted by Crippen LogP contribution is 2.66. The number of nitrogens with zero attached hydrogens (tertiary/aromatic N) is 2. The molecule has 2 heteroatoms. The normalized spacial score (nSPS) is 52.6. The maximum atomic E-state index is 8.80. The summed E-state index contributed by atoms with van der Waals surface area (Å²) >= 11 is 0. The van der Waals surface area contributed by atoms with Crippen LogP contribution in [0.25, 0.3) is 0 Å². The molecule has 14 heavy (non-hydrogen) atoms. The van der Waals surface area contributed by atoms with Gasteiger partial charge in [-0.25, -0.2) is 0 Å². The second kappa shape index (κ2) is 2.23. The summed E-state index contributed by atoms with van der Waals surface area (Å²) in [7, 11) is 2.40.